The fourth-order valence-electron chi connectivity index (χ4n) is 2.10. The third-order valence-electron chi connectivity index (χ3n) is 3.20. The van der Waals surface area contributed by atoms with Gasteiger partial charge < -0.3 is 9.30 Å². The van der Waals surface area contributed by atoms with E-state index in [1.807, 2.05) is 35.8 Å². The zero-order valence-electron chi connectivity index (χ0n) is 11.3. The molecule has 0 amide bonds. The Morgan fingerprint density at radius 1 is 1.37 bits per heavy atom. The summed E-state index contributed by atoms with van der Waals surface area (Å²) < 4.78 is 8.26. The molecule has 0 radical (unpaired) electrons. The van der Waals surface area contributed by atoms with Crippen LogP contribution in [-0.2, 0) is 16.1 Å². The predicted molar refractivity (Wildman–Crippen MR) is 80.2 cm³/mol. The number of unbranched alkanes of at least 4 members (excludes halogenated alkanes) is 1. The number of carbonyl (C=O) groups is 1. The molecule has 0 aliphatic carbocycles. The van der Waals surface area contributed by atoms with E-state index in [0.29, 0.717) is 6.61 Å². The van der Waals surface area contributed by atoms with E-state index < -0.39 is 0 Å². The highest BCUT2D eigenvalue weighted by molar-refractivity contribution is 9.10. The van der Waals surface area contributed by atoms with Gasteiger partial charge in [-0.1, -0.05) is 31.5 Å². The van der Waals surface area contributed by atoms with Crippen LogP contribution in [0, 0.1) is 6.92 Å². The lowest BCUT2D eigenvalue weighted by atomic mass is 10.2. The van der Waals surface area contributed by atoms with Crippen molar-refractivity contribution in [3.8, 4) is 0 Å². The molecule has 1 heterocycles. The molecule has 2 rings (SSSR count). The van der Waals surface area contributed by atoms with Crippen LogP contribution in [0.25, 0.3) is 10.9 Å². The van der Waals surface area contributed by atoms with Gasteiger partial charge in [0.1, 0.15) is 6.54 Å². The minimum atomic E-state index is -0.176. The van der Waals surface area contributed by atoms with Crippen LogP contribution in [0.1, 0.15) is 25.5 Å². The van der Waals surface area contributed by atoms with Crippen molar-refractivity contribution < 1.29 is 9.53 Å². The molecule has 0 unspecified atom stereocenters. The van der Waals surface area contributed by atoms with Gasteiger partial charge in [0.25, 0.3) is 0 Å². The summed E-state index contributed by atoms with van der Waals surface area (Å²) in [6.45, 7) is 4.86. The number of para-hydroxylation sites is 1. The van der Waals surface area contributed by atoms with Crippen LogP contribution in [0.3, 0.4) is 0 Å². The van der Waals surface area contributed by atoms with Crippen molar-refractivity contribution in [1.29, 1.82) is 0 Å². The van der Waals surface area contributed by atoms with Crippen molar-refractivity contribution in [2.75, 3.05) is 6.61 Å². The van der Waals surface area contributed by atoms with Crippen LogP contribution in [0.5, 0.6) is 0 Å². The molecule has 19 heavy (non-hydrogen) atoms. The molecule has 1 aromatic carbocycles. The third kappa shape index (κ3) is 3.00. The largest absolute Gasteiger partial charge is 0.464 e. The molecule has 0 bridgehead atoms. The highest BCUT2D eigenvalue weighted by atomic mass is 79.9. The maximum Gasteiger partial charge on any atom is 0.325 e. The van der Waals surface area contributed by atoms with E-state index in [1.165, 1.54) is 0 Å². The molecular weight excluding hydrogens is 306 g/mol. The van der Waals surface area contributed by atoms with Crippen molar-refractivity contribution in [3.05, 3.63) is 34.4 Å². The van der Waals surface area contributed by atoms with Crippen molar-refractivity contribution in [1.82, 2.24) is 4.57 Å². The molecule has 4 heteroatoms. The van der Waals surface area contributed by atoms with Gasteiger partial charge in [0.15, 0.2) is 0 Å². The molecule has 0 aliphatic heterocycles. The quantitative estimate of drug-likeness (QED) is 0.613. The number of hydrogen-bond acceptors (Lipinski definition) is 2. The summed E-state index contributed by atoms with van der Waals surface area (Å²) in [5.41, 5.74) is 2.10. The Balaban J connectivity index is 2.21. The second-order valence-electron chi connectivity index (χ2n) is 4.58. The van der Waals surface area contributed by atoms with Crippen molar-refractivity contribution in [2.24, 2.45) is 0 Å². The van der Waals surface area contributed by atoms with Crippen LogP contribution in [0.2, 0.25) is 0 Å². The van der Waals surface area contributed by atoms with Crippen molar-refractivity contribution in [2.45, 2.75) is 33.2 Å². The summed E-state index contributed by atoms with van der Waals surface area (Å²) in [5, 5.41) is 1.13. The zero-order chi connectivity index (χ0) is 13.8. The number of nitrogens with zero attached hydrogens (tertiary/aromatic N) is 1. The third-order valence-corrected chi connectivity index (χ3v) is 4.20. The number of esters is 1. The van der Waals surface area contributed by atoms with Gasteiger partial charge in [-0.15, -0.1) is 0 Å². The molecule has 0 saturated heterocycles. The van der Waals surface area contributed by atoms with Gasteiger partial charge >= 0.3 is 5.97 Å². The van der Waals surface area contributed by atoms with E-state index in [9.17, 15) is 4.79 Å². The Morgan fingerprint density at radius 2 is 2.11 bits per heavy atom. The molecule has 0 fully saturated rings. The van der Waals surface area contributed by atoms with Gasteiger partial charge in [0.05, 0.1) is 6.61 Å². The molecule has 0 atom stereocenters. The van der Waals surface area contributed by atoms with Crippen LogP contribution in [-0.4, -0.2) is 17.1 Å². The summed E-state index contributed by atoms with van der Waals surface area (Å²) in [7, 11) is 0. The standard InChI is InChI=1S/C15H18BrNO2/c1-3-4-9-19-14(18)10-17-11(2)15(16)12-7-5-6-8-13(12)17/h5-8H,3-4,9-10H2,1-2H3. The lowest BCUT2D eigenvalue weighted by molar-refractivity contribution is -0.144. The summed E-state index contributed by atoms with van der Waals surface area (Å²) in [6, 6.07) is 8.04. The van der Waals surface area contributed by atoms with Crippen molar-refractivity contribution >= 4 is 32.8 Å². The van der Waals surface area contributed by atoms with Gasteiger partial charge in [-0.05, 0) is 35.3 Å². The summed E-state index contributed by atoms with van der Waals surface area (Å²) in [6.07, 6.45) is 1.95. The Labute approximate surface area is 121 Å². The van der Waals surface area contributed by atoms with Gasteiger partial charge in [-0.3, -0.25) is 4.79 Å². The van der Waals surface area contributed by atoms with Crippen LogP contribution in [0.15, 0.2) is 28.7 Å². The maximum atomic E-state index is 11.8. The van der Waals surface area contributed by atoms with E-state index >= 15 is 0 Å². The first-order valence-electron chi connectivity index (χ1n) is 6.54. The smallest absolute Gasteiger partial charge is 0.325 e. The molecule has 102 valence electrons. The Morgan fingerprint density at radius 3 is 2.84 bits per heavy atom. The lowest BCUT2D eigenvalue weighted by Gasteiger charge is -2.08. The van der Waals surface area contributed by atoms with E-state index in [0.717, 1.165) is 33.9 Å². The average molecular weight is 324 g/mol. The van der Waals surface area contributed by atoms with E-state index in [2.05, 4.69) is 22.9 Å². The highest BCUT2D eigenvalue weighted by Gasteiger charge is 2.14. The normalized spacial score (nSPS) is 10.9. The molecule has 1 aromatic heterocycles. The molecule has 2 aromatic rings. The number of carbonyl (C=O) groups excluding carboxylic acids is 1. The number of fused-ring (bicyclic) bond motifs is 1. The lowest BCUT2D eigenvalue weighted by Crippen LogP contribution is -2.15. The predicted octanol–water partition coefficient (Wildman–Crippen LogP) is 4.06. The molecule has 0 N–H and O–H groups in total. The van der Waals surface area contributed by atoms with Gasteiger partial charge in [-0.2, -0.15) is 0 Å². The van der Waals surface area contributed by atoms with Crippen LogP contribution >= 0.6 is 15.9 Å². The number of hydrogen-bond donors (Lipinski definition) is 0. The number of aromatic nitrogens is 1. The molecule has 3 nitrogen and oxygen atoms in total. The average Bonchev–Trinajstić information content (AvgIpc) is 2.65. The first-order valence-corrected chi connectivity index (χ1v) is 7.33. The minimum absolute atomic E-state index is 0.176. The van der Waals surface area contributed by atoms with E-state index in [1.54, 1.807) is 0 Å². The fourth-order valence-corrected chi connectivity index (χ4v) is 2.65. The Kier molecular flexibility index (Phi) is 4.64. The molecule has 0 aliphatic rings. The topological polar surface area (TPSA) is 31.2 Å². The maximum absolute atomic E-state index is 11.8. The first-order chi connectivity index (χ1) is 9.15. The van der Waals surface area contributed by atoms with Crippen LogP contribution in [0.4, 0.5) is 0 Å². The molecular formula is C15H18BrNO2. The van der Waals surface area contributed by atoms with E-state index in [-0.39, 0.29) is 12.5 Å². The second kappa shape index (κ2) is 6.24. The van der Waals surface area contributed by atoms with Gasteiger partial charge in [-0.25, -0.2) is 0 Å². The summed E-state index contributed by atoms with van der Waals surface area (Å²) >= 11 is 3.58. The van der Waals surface area contributed by atoms with Crippen molar-refractivity contribution in [3.63, 3.8) is 0 Å². The van der Waals surface area contributed by atoms with Gasteiger partial charge in [0.2, 0.25) is 0 Å². The molecule has 0 spiro atoms. The zero-order valence-corrected chi connectivity index (χ0v) is 12.9. The number of ether oxygens (including phenoxy) is 1. The SMILES string of the molecule is CCCCOC(=O)Cn1c(C)c(Br)c2ccccc21. The monoisotopic (exact) mass is 323 g/mol. The fraction of sp³-hybridized carbons (Fsp3) is 0.400. The summed E-state index contributed by atoms with van der Waals surface area (Å²) in [4.78, 5) is 11.8. The van der Waals surface area contributed by atoms with Crippen LogP contribution < -0.4 is 0 Å². The highest BCUT2D eigenvalue weighted by Crippen LogP contribution is 2.30. The van der Waals surface area contributed by atoms with E-state index in [4.69, 9.17) is 4.74 Å². The number of benzene rings is 1. The molecule has 0 saturated carbocycles. The number of rotatable bonds is 5. The second-order valence-corrected chi connectivity index (χ2v) is 5.37. The minimum Gasteiger partial charge on any atom is -0.464 e. The number of halogens is 1. The summed E-state index contributed by atoms with van der Waals surface area (Å²) in [5.74, 6) is -0.176. The Bertz CT molecular complexity index is 589. The van der Waals surface area contributed by atoms with Gasteiger partial charge in [0, 0.05) is 21.1 Å². The first kappa shape index (κ1) is 14.1. The Hall–Kier alpha value is -1.29.